The third-order valence-corrected chi connectivity index (χ3v) is 4.51. The Hall–Kier alpha value is -2.93. The maximum absolute atomic E-state index is 13.0. The number of benzene rings is 2. The number of aromatic nitrogens is 2. The Morgan fingerprint density at radius 3 is 2.62 bits per heavy atom. The zero-order chi connectivity index (χ0) is 18.5. The molecule has 5 nitrogen and oxygen atoms in total. The van der Waals surface area contributed by atoms with Crippen LogP contribution in [0.25, 0.3) is 11.3 Å². The van der Waals surface area contributed by atoms with Crippen LogP contribution in [-0.4, -0.2) is 21.7 Å². The predicted molar refractivity (Wildman–Crippen MR) is 101 cm³/mol. The number of hydrogen-bond acceptors (Lipinski definition) is 4. The highest BCUT2D eigenvalue weighted by atomic mass is 32.2. The minimum absolute atomic E-state index is 0.141. The second-order valence-corrected chi connectivity index (χ2v) is 6.34. The largest absolute Gasteiger partial charge is 0.324 e. The zero-order valence-corrected chi connectivity index (χ0v) is 14.8. The third kappa shape index (κ3) is 4.18. The van der Waals surface area contributed by atoms with Crippen molar-refractivity contribution in [3.63, 3.8) is 0 Å². The van der Waals surface area contributed by atoms with E-state index < -0.39 is 0 Å². The molecular weight excluding hydrogens is 353 g/mol. The summed E-state index contributed by atoms with van der Waals surface area (Å²) in [6, 6.07) is 14.5. The topological polar surface area (TPSA) is 64.0 Å². The summed E-state index contributed by atoms with van der Waals surface area (Å²) < 4.78 is 14.2. The molecule has 0 bridgehead atoms. The van der Waals surface area contributed by atoms with Crippen molar-refractivity contribution in [3.8, 4) is 11.3 Å². The molecule has 132 valence electrons. The first kappa shape index (κ1) is 17.9. The predicted octanol–water partition coefficient (Wildman–Crippen LogP) is 3.41. The maximum Gasteiger partial charge on any atom is 0.254 e. The van der Waals surface area contributed by atoms with Gasteiger partial charge in [0.1, 0.15) is 12.4 Å². The summed E-state index contributed by atoms with van der Waals surface area (Å²) in [5, 5.41) is 2.80. The first-order valence-corrected chi connectivity index (χ1v) is 9.04. The van der Waals surface area contributed by atoms with E-state index in [2.05, 4.69) is 10.3 Å². The first-order chi connectivity index (χ1) is 12.6. The molecule has 7 heteroatoms. The lowest BCUT2D eigenvalue weighted by Gasteiger charge is -2.10. The molecule has 0 atom stereocenters. The fourth-order valence-electron chi connectivity index (χ4n) is 2.42. The number of carbonyl (C=O) groups is 1. The van der Waals surface area contributed by atoms with Gasteiger partial charge in [-0.1, -0.05) is 12.1 Å². The molecule has 26 heavy (non-hydrogen) atoms. The molecule has 1 amide bonds. The lowest BCUT2D eigenvalue weighted by molar-refractivity contribution is -0.116. The summed E-state index contributed by atoms with van der Waals surface area (Å²) in [7, 11) is 0. The lowest BCUT2D eigenvalue weighted by Crippen LogP contribution is -2.27. The SMILES string of the molecule is CSc1ccccc1NC(=O)Cn1cnc(-c2ccc(F)cc2)cc1=O. The van der Waals surface area contributed by atoms with Crippen molar-refractivity contribution in [1.82, 2.24) is 9.55 Å². The number of halogens is 1. The number of nitrogens with one attached hydrogen (secondary N) is 1. The number of carbonyl (C=O) groups excluding carboxylic acids is 1. The van der Waals surface area contributed by atoms with E-state index in [1.807, 2.05) is 30.5 Å². The molecule has 0 radical (unpaired) electrons. The van der Waals surface area contributed by atoms with Crippen LogP contribution in [0.3, 0.4) is 0 Å². The van der Waals surface area contributed by atoms with Crippen molar-refractivity contribution in [1.29, 1.82) is 0 Å². The Kier molecular flexibility index (Phi) is 5.48. The molecule has 3 rings (SSSR count). The molecular formula is C19H16FN3O2S. The quantitative estimate of drug-likeness (QED) is 0.700. The van der Waals surface area contributed by atoms with E-state index in [0.717, 1.165) is 4.90 Å². The molecule has 2 aromatic carbocycles. The average Bonchev–Trinajstić information content (AvgIpc) is 2.64. The summed E-state index contributed by atoms with van der Waals surface area (Å²) in [6.45, 7) is -0.141. The van der Waals surface area contributed by atoms with Crippen molar-refractivity contribution < 1.29 is 9.18 Å². The van der Waals surface area contributed by atoms with Crippen LogP contribution in [0.5, 0.6) is 0 Å². The maximum atomic E-state index is 13.0. The molecule has 3 aromatic rings. The van der Waals surface area contributed by atoms with Crippen LogP contribution in [0.1, 0.15) is 0 Å². The number of nitrogens with zero attached hydrogens (tertiary/aromatic N) is 2. The van der Waals surface area contributed by atoms with Gasteiger partial charge in [0.15, 0.2) is 0 Å². The number of para-hydroxylation sites is 1. The molecule has 0 aliphatic carbocycles. The molecule has 1 heterocycles. The van der Waals surface area contributed by atoms with Gasteiger partial charge in [-0.2, -0.15) is 0 Å². The van der Waals surface area contributed by atoms with Crippen LogP contribution >= 0.6 is 11.8 Å². The molecule has 1 aromatic heterocycles. The first-order valence-electron chi connectivity index (χ1n) is 7.82. The van der Waals surface area contributed by atoms with Gasteiger partial charge in [-0.05, 0) is 42.7 Å². The molecule has 0 spiro atoms. The minimum atomic E-state index is -0.357. The standard InChI is InChI=1S/C19H16FN3O2S/c1-26-17-5-3-2-4-15(17)22-18(24)11-23-12-21-16(10-19(23)25)13-6-8-14(20)9-7-13/h2-10,12H,11H2,1H3,(H,22,24). The number of thioether (sulfide) groups is 1. The molecule has 0 saturated carbocycles. The van der Waals surface area contributed by atoms with Crippen LogP contribution in [0, 0.1) is 5.82 Å². The van der Waals surface area contributed by atoms with Crippen LogP contribution in [-0.2, 0) is 11.3 Å². The molecule has 0 unspecified atom stereocenters. The van der Waals surface area contributed by atoms with Gasteiger partial charge >= 0.3 is 0 Å². The molecule has 0 aliphatic heterocycles. The number of hydrogen-bond donors (Lipinski definition) is 1. The summed E-state index contributed by atoms with van der Waals surface area (Å²) in [5.74, 6) is -0.672. The van der Waals surface area contributed by atoms with E-state index in [1.165, 1.54) is 40.9 Å². The third-order valence-electron chi connectivity index (χ3n) is 3.71. The van der Waals surface area contributed by atoms with Gasteiger partial charge < -0.3 is 5.32 Å². The van der Waals surface area contributed by atoms with Gasteiger partial charge in [0.05, 0.1) is 17.7 Å². The van der Waals surface area contributed by atoms with Gasteiger partial charge in [0.25, 0.3) is 5.56 Å². The van der Waals surface area contributed by atoms with Crippen LogP contribution < -0.4 is 10.9 Å². The Morgan fingerprint density at radius 1 is 1.19 bits per heavy atom. The highest BCUT2D eigenvalue weighted by molar-refractivity contribution is 7.98. The average molecular weight is 369 g/mol. The van der Waals surface area contributed by atoms with E-state index in [-0.39, 0.29) is 23.8 Å². The summed E-state index contributed by atoms with van der Waals surface area (Å²) >= 11 is 1.53. The Balaban J connectivity index is 1.75. The van der Waals surface area contributed by atoms with Gasteiger partial charge in [-0.3, -0.25) is 14.2 Å². The van der Waals surface area contributed by atoms with Gasteiger partial charge in [-0.25, -0.2) is 9.37 Å². The lowest BCUT2D eigenvalue weighted by atomic mass is 10.1. The van der Waals surface area contributed by atoms with Crippen LogP contribution in [0.2, 0.25) is 0 Å². The van der Waals surface area contributed by atoms with E-state index in [0.29, 0.717) is 16.9 Å². The molecule has 0 fully saturated rings. The highest BCUT2D eigenvalue weighted by Crippen LogP contribution is 2.24. The van der Waals surface area contributed by atoms with Crippen molar-refractivity contribution >= 4 is 23.4 Å². The number of anilines is 1. The fraction of sp³-hybridized carbons (Fsp3) is 0.105. The monoisotopic (exact) mass is 369 g/mol. The van der Waals surface area contributed by atoms with Gasteiger partial charge in [-0.15, -0.1) is 11.8 Å². The smallest absolute Gasteiger partial charge is 0.254 e. The second kappa shape index (κ2) is 7.97. The summed E-state index contributed by atoms with van der Waals surface area (Å²) in [4.78, 5) is 29.6. The van der Waals surface area contributed by atoms with E-state index >= 15 is 0 Å². The van der Waals surface area contributed by atoms with Crippen molar-refractivity contribution in [2.45, 2.75) is 11.4 Å². The van der Waals surface area contributed by atoms with Crippen molar-refractivity contribution in [2.24, 2.45) is 0 Å². The zero-order valence-electron chi connectivity index (χ0n) is 14.0. The number of rotatable bonds is 5. The van der Waals surface area contributed by atoms with E-state index in [9.17, 15) is 14.0 Å². The Morgan fingerprint density at radius 2 is 1.92 bits per heavy atom. The molecule has 1 N–H and O–H groups in total. The Labute approximate surface area is 153 Å². The second-order valence-electron chi connectivity index (χ2n) is 5.50. The van der Waals surface area contributed by atoms with E-state index in [4.69, 9.17) is 0 Å². The van der Waals surface area contributed by atoms with Gasteiger partial charge in [0, 0.05) is 16.5 Å². The fourth-order valence-corrected chi connectivity index (χ4v) is 2.97. The minimum Gasteiger partial charge on any atom is -0.324 e. The van der Waals surface area contributed by atoms with Gasteiger partial charge in [0.2, 0.25) is 5.91 Å². The molecule has 0 saturated heterocycles. The van der Waals surface area contributed by atoms with E-state index in [1.54, 1.807) is 12.1 Å². The summed E-state index contributed by atoms with van der Waals surface area (Å²) in [5.41, 5.74) is 1.41. The van der Waals surface area contributed by atoms with Crippen LogP contribution in [0.4, 0.5) is 10.1 Å². The highest BCUT2D eigenvalue weighted by Gasteiger charge is 2.09. The molecule has 0 aliphatic rings. The Bertz CT molecular complexity index is 987. The summed E-state index contributed by atoms with van der Waals surface area (Å²) in [6.07, 6.45) is 3.24. The van der Waals surface area contributed by atoms with Crippen molar-refractivity contribution in [3.05, 3.63) is 77.1 Å². The number of amides is 1. The normalized spacial score (nSPS) is 10.5. The van der Waals surface area contributed by atoms with Crippen LogP contribution in [0.15, 0.2) is 70.6 Å². The van der Waals surface area contributed by atoms with Crippen molar-refractivity contribution in [2.75, 3.05) is 11.6 Å².